The van der Waals surface area contributed by atoms with Gasteiger partial charge in [0, 0.05) is 11.8 Å². The van der Waals surface area contributed by atoms with Gasteiger partial charge in [0.1, 0.15) is 0 Å². The molecule has 3 heteroatoms. The molecule has 0 radical (unpaired) electrons. The molecule has 18 heavy (non-hydrogen) atoms. The Balaban J connectivity index is 2.13. The van der Waals surface area contributed by atoms with Crippen molar-refractivity contribution in [3.63, 3.8) is 0 Å². The summed E-state index contributed by atoms with van der Waals surface area (Å²) in [5.74, 6) is 0.0941. The maximum Gasteiger partial charge on any atom is 0.220 e. The highest BCUT2D eigenvalue weighted by molar-refractivity contribution is 5.78. The van der Waals surface area contributed by atoms with Crippen LogP contribution in [0.4, 0.5) is 0 Å². The van der Waals surface area contributed by atoms with Crippen LogP contribution in [0.25, 0.3) is 0 Å². The summed E-state index contributed by atoms with van der Waals surface area (Å²) in [5.41, 5.74) is 1.37. The Labute approximate surface area is 107 Å². The molecule has 2 aliphatic rings. The van der Waals surface area contributed by atoms with E-state index in [4.69, 9.17) is 0 Å². The molecule has 3 rings (SSSR count). The molecule has 1 fully saturated rings. The summed E-state index contributed by atoms with van der Waals surface area (Å²) < 4.78 is 0. The average molecular weight is 245 g/mol. The number of benzene rings is 1. The highest BCUT2D eigenvalue weighted by Crippen LogP contribution is 2.56. The fourth-order valence-corrected chi connectivity index (χ4v) is 3.61. The summed E-state index contributed by atoms with van der Waals surface area (Å²) in [6.07, 6.45) is 2.10. The molecule has 0 bridgehead atoms. The van der Waals surface area contributed by atoms with Crippen LogP contribution in [0.15, 0.2) is 24.3 Å². The van der Waals surface area contributed by atoms with Gasteiger partial charge in [-0.15, -0.1) is 0 Å². The van der Waals surface area contributed by atoms with Crippen molar-refractivity contribution < 1.29 is 9.90 Å². The molecule has 1 amide bonds. The molecule has 96 valence electrons. The Hall–Kier alpha value is -1.35. The van der Waals surface area contributed by atoms with Gasteiger partial charge in [0.2, 0.25) is 5.91 Å². The molecule has 0 saturated carbocycles. The van der Waals surface area contributed by atoms with Crippen LogP contribution in [0.2, 0.25) is 0 Å². The fourth-order valence-electron chi connectivity index (χ4n) is 3.61. The molecular formula is C15H19NO2. The maximum atomic E-state index is 11.7. The normalized spacial score (nSPS) is 30.6. The zero-order valence-electron chi connectivity index (χ0n) is 10.9. The summed E-state index contributed by atoms with van der Waals surface area (Å²) in [4.78, 5) is 11.7. The largest absolute Gasteiger partial charge is 0.390 e. The molecule has 1 heterocycles. The van der Waals surface area contributed by atoms with Crippen LogP contribution in [-0.2, 0) is 11.2 Å². The Kier molecular flexibility index (Phi) is 2.33. The van der Waals surface area contributed by atoms with E-state index in [1.54, 1.807) is 0 Å². The topological polar surface area (TPSA) is 49.3 Å². The predicted octanol–water partition coefficient (Wildman–Crippen LogP) is 1.95. The molecule has 1 aromatic rings. The molecule has 1 aliphatic carbocycles. The number of piperidine rings is 1. The second-order valence-corrected chi connectivity index (χ2v) is 6.09. The number of hydrogen-bond donors (Lipinski definition) is 2. The fraction of sp³-hybridized carbons (Fsp3) is 0.533. The Bertz CT molecular complexity index is 503. The lowest BCUT2D eigenvalue weighted by Gasteiger charge is -2.48. The van der Waals surface area contributed by atoms with E-state index in [0.29, 0.717) is 6.42 Å². The van der Waals surface area contributed by atoms with Crippen molar-refractivity contribution in [1.82, 2.24) is 5.32 Å². The van der Waals surface area contributed by atoms with Crippen LogP contribution in [0.1, 0.15) is 43.9 Å². The molecular weight excluding hydrogens is 226 g/mol. The highest BCUT2D eigenvalue weighted by Gasteiger charge is 2.56. The van der Waals surface area contributed by atoms with Gasteiger partial charge in [-0.1, -0.05) is 24.3 Å². The number of fused-ring (bicyclic) bond motifs is 3. The van der Waals surface area contributed by atoms with Gasteiger partial charge in [-0.05, 0) is 37.8 Å². The molecule has 2 N–H and O–H groups in total. The Morgan fingerprint density at radius 1 is 1.39 bits per heavy atom. The maximum absolute atomic E-state index is 11.7. The third-order valence-electron chi connectivity index (χ3n) is 4.75. The summed E-state index contributed by atoms with van der Waals surface area (Å²) in [7, 11) is 0. The van der Waals surface area contributed by atoms with Gasteiger partial charge in [0.05, 0.1) is 11.6 Å². The van der Waals surface area contributed by atoms with Crippen LogP contribution in [0.3, 0.4) is 0 Å². The van der Waals surface area contributed by atoms with Crippen molar-refractivity contribution in [3.8, 4) is 0 Å². The first-order chi connectivity index (χ1) is 8.44. The summed E-state index contributed by atoms with van der Waals surface area (Å²) in [6.45, 7) is 3.73. The predicted molar refractivity (Wildman–Crippen MR) is 69.0 cm³/mol. The monoisotopic (exact) mass is 245 g/mol. The lowest BCUT2D eigenvalue weighted by atomic mass is 9.64. The third-order valence-corrected chi connectivity index (χ3v) is 4.75. The van der Waals surface area contributed by atoms with E-state index in [2.05, 4.69) is 17.4 Å². The van der Waals surface area contributed by atoms with Crippen molar-refractivity contribution >= 4 is 5.91 Å². The zero-order valence-corrected chi connectivity index (χ0v) is 10.9. The number of rotatable bonds is 1. The van der Waals surface area contributed by atoms with Gasteiger partial charge in [-0.25, -0.2) is 0 Å². The number of amides is 1. The Morgan fingerprint density at radius 2 is 2.11 bits per heavy atom. The van der Waals surface area contributed by atoms with Gasteiger partial charge in [-0.3, -0.25) is 4.79 Å². The molecule has 3 nitrogen and oxygen atoms in total. The summed E-state index contributed by atoms with van der Waals surface area (Å²) in [5, 5.41) is 13.7. The number of carbonyl (C=O) groups excluding carboxylic acids is 1. The standard InChI is InChI=1S/C15H19NO2/c1-14(2,18)15-8-7-12(17)16-13(15)11-6-4-3-5-10(11)9-15/h3-6,13,18H,7-9H2,1-2H3,(H,16,17)/t13-,15-/m0/s1. The molecule has 0 unspecified atom stereocenters. The molecule has 0 aromatic heterocycles. The smallest absolute Gasteiger partial charge is 0.220 e. The van der Waals surface area contributed by atoms with Crippen LogP contribution < -0.4 is 5.32 Å². The lowest BCUT2D eigenvalue weighted by molar-refractivity contribution is -0.136. The van der Waals surface area contributed by atoms with Crippen molar-refractivity contribution in [2.45, 2.75) is 44.8 Å². The second-order valence-electron chi connectivity index (χ2n) is 6.09. The second kappa shape index (κ2) is 3.58. The van der Waals surface area contributed by atoms with Gasteiger partial charge < -0.3 is 10.4 Å². The molecule has 1 saturated heterocycles. The van der Waals surface area contributed by atoms with E-state index in [9.17, 15) is 9.90 Å². The zero-order chi connectivity index (χ0) is 13.0. The first kappa shape index (κ1) is 11.7. The lowest BCUT2D eigenvalue weighted by Crippen LogP contribution is -2.55. The number of aliphatic hydroxyl groups is 1. The number of carbonyl (C=O) groups is 1. The van der Waals surface area contributed by atoms with E-state index in [0.717, 1.165) is 12.8 Å². The van der Waals surface area contributed by atoms with Gasteiger partial charge in [0.15, 0.2) is 0 Å². The van der Waals surface area contributed by atoms with Crippen LogP contribution in [0, 0.1) is 5.41 Å². The van der Waals surface area contributed by atoms with Crippen molar-refractivity contribution in [1.29, 1.82) is 0 Å². The summed E-state index contributed by atoms with van der Waals surface area (Å²) in [6, 6.07) is 8.15. The third kappa shape index (κ3) is 1.43. The highest BCUT2D eigenvalue weighted by atomic mass is 16.3. The van der Waals surface area contributed by atoms with Gasteiger partial charge in [0.25, 0.3) is 0 Å². The van der Waals surface area contributed by atoms with E-state index in [1.165, 1.54) is 11.1 Å². The van der Waals surface area contributed by atoms with E-state index in [1.807, 2.05) is 26.0 Å². The minimum absolute atomic E-state index is 0.0463. The van der Waals surface area contributed by atoms with E-state index in [-0.39, 0.29) is 17.4 Å². The van der Waals surface area contributed by atoms with Crippen molar-refractivity contribution in [2.24, 2.45) is 5.41 Å². The minimum atomic E-state index is -0.801. The summed E-state index contributed by atoms with van der Waals surface area (Å²) >= 11 is 0. The minimum Gasteiger partial charge on any atom is -0.390 e. The van der Waals surface area contributed by atoms with Crippen LogP contribution in [-0.4, -0.2) is 16.6 Å². The van der Waals surface area contributed by atoms with Gasteiger partial charge >= 0.3 is 0 Å². The molecule has 0 spiro atoms. The average Bonchev–Trinajstić information content (AvgIpc) is 2.64. The first-order valence-electron chi connectivity index (χ1n) is 6.54. The number of hydrogen-bond acceptors (Lipinski definition) is 2. The molecule has 1 aromatic carbocycles. The van der Waals surface area contributed by atoms with Crippen LogP contribution in [0.5, 0.6) is 0 Å². The van der Waals surface area contributed by atoms with E-state index >= 15 is 0 Å². The SMILES string of the molecule is CC(C)(O)[C@]12CCC(=O)N[C@H]1c1ccccc1C2. The first-order valence-corrected chi connectivity index (χ1v) is 6.54. The van der Waals surface area contributed by atoms with Crippen LogP contribution >= 0.6 is 0 Å². The number of nitrogens with one attached hydrogen (secondary N) is 1. The van der Waals surface area contributed by atoms with Crippen molar-refractivity contribution in [2.75, 3.05) is 0 Å². The Morgan fingerprint density at radius 3 is 2.83 bits per heavy atom. The van der Waals surface area contributed by atoms with Crippen molar-refractivity contribution in [3.05, 3.63) is 35.4 Å². The molecule has 2 atom stereocenters. The van der Waals surface area contributed by atoms with E-state index < -0.39 is 5.60 Å². The molecule has 1 aliphatic heterocycles. The van der Waals surface area contributed by atoms with Gasteiger partial charge in [-0.2, -0.15) is 0 Å². The quantitative estimate of drug-likeness (QED) is 0.794.